The Bertz CT molecular complexity index is 1290. The molecule has 0 saturated carbocycles. The highest BCUT2D eigenvalue weighted by Gasteiger charge is 2.19. The molecule has 69 heavy (non-hydrogen) atoms. The molecule has 0 spiro atoms. The van der Waals surface area contributed by atoms with Crippen LogP contribution in [0.15, 0.2) is 72.9 Å². The highest BCUT2D eigenvalue weighted by molar-refractivity contribution is 5.71. The van der Waals surface area contributed by atoms with Crippen molar-refractivity contribution in [1.82, 2.24) is 0 Å². The van der Waals surface area contributed by atoms with E-state index in [2.05, 4.69) is 93.7 Å². The van der Waals surface area contributed by atoms with Crippen LogP contribution >= 0.6 is 0 Å². The lowest BCUT2D eigenvalue weighted by Crippen LogP contribution is -2.30. The fourth-order valence-electron chi connectivity index (χ4n) is 8.25. The quantitative estimate of drug-likeness (QED) is 0.0199. The number of ether oxygens (including phenoxy) is 3. The van der Waals surface area contributed by atoms with E-state index in [0.29, 0.717) is 19.3 Å². The standard InChI is InChI=1S/C63H110O6/c1-4-7-10-13-16-19-22-25-28-30-32-34-35-38-41-44-47-50-53-56-62(65)68-59-60(58-67-61(64)55-52-49-46-43-40-37-27-24-21-18-15-12-9-6-3)69-63(66)57-54-51-48-45-42-39-36-33-31-29-26-23-20-17-14-11-8-5-2/h16,19,22-23,25-26,29,31,33,36-37,40,60H,4-15,17-18,20-21,24,27-28,30,32,34-35,38-39,41-59H2,1-3H3/b19-16-,25-22-,26-23-,31-29-,36-33-,40-37-. The minimum atomic E-state index is -0.794. The maximum absolute atomic E-state index is 12.9. The van der Waals surface area contributed by atoms with Gasteiger partial charge in [0.2, 0.25) is 0 Å². The summed E-state index contributed by atoms with van der Waals surface area (Å²) < 4.78 is 16.9. The maximum Gasteiger partial charge on any atom is 0.306 e. The van der Waals surface area contributed by atoms with Gasteiger partial charge in [-0.15, -0.1) is 0 Å². The van der Waals surface area contributed by atoms with E-state index >= 15 is 0 Å². The van der Waals surface area contributed by atoms with Gasteiger partial charge in [-0.2, -0.15) is 0 Å². The topological polar surface area (TPSA) is 78.9 Å². The lowest BCUT2D eigenvalue weighted by Gasteiger charge is -2.18. The molecule has 0 fully saturated rings. The second kappa shape index (κ2) is 57.4. The largest absolute Gasteiger partial charge is 0.462 e. The number of rotatable bonds is 53. The van der Waals surface area contributed by atoms with Crippen molar-refractivity contribution in [3.63, 3.8) is 0 Å². The molecule has 0 heterocycles. The fraction of sp³-hybridized carbons (Fsp3) is 0.762. The van der Waals surface area contributed by atoms with Crippen LogP contribution in [0.1, 0.15) is 290 Å². The molecule has 6 heteroatoms. The summed E-state index contributed by atoms with van der Waals surface area (Å²) in [6.45, 7) is 6.58. The van der Waals surface area contributed by atoms with Crippen LogP contribution in [0.2, 0.25) is 0 Å². The van der Waals surface area contributed by atoms with Crippen molar-refractivity contribution >= 4 is 17.9 Å². The third-order valence-corrected chi connectivity index (χ3v) is 12.7. The molecule has 0 saturated heterocycles. The summed E-state index contributed by atoms with van der Waals surface area (Å²) in [6.07, 6.45) is 73.1. The van der Waals surface area contributed by atoms with Crippen molar-refractivity contribution < 1.29 is 28.6 Å². The van der Waals surface area contributed by atoms with Crippen LogP contribution in [-0.2, 0) is 28.6 Å². The predicted octanol–water partition coefficient (Wildman–Crippen LogP) is 19.8. The summed E-state index contributed by atoms with van der Waals surface area (Å²) >= 11 is 0. The molecule has 0 aromatic heterocycles. The Kier molecular flexibility index (Phi) is 54.8. The minimum absolute atomic E-state index is 0.0897. The van der Waals surface area contributed by atoms with Crippen molar-refractivity contribution in [2.24, 2.45) is 0 Å². The summed E-state index contributed by atoms with van der Waals surface area (Å²) in [5.41, 5.74) is 0. The third-order valence-electron chi connectivity index (χ3n) is 12.7. The molecule has 0 N–H and O–H groups in total. The number of hydrogen-bond donors (Lipinski definition) is 0. The van der Waals surface area contributed by atoms with E-state index in [1.807, 2.05) is 0 Å². The second-order valence-electron chi connectivity index (χ2n) is 19.6. The lowest BCUT2D eigenvalue weighted by molar-refractivity contribution is -0.167. The first-order valence-corrected chi connectivity index (χ1v) is 29.5. The van der Waals surface area contributed by atoms with Crippen LogP contribution < -0.4 is 0 Å². The van der Waals surface area contributed by atoms with Crippen LogP contribution in [0.25, 0.3) is 0 Å². The Morgan fingerprint density at radius 3 is 0.899 bits per heavy atom. The molecular formula is C63H110O6. The van der Waals surface area contributed by atoms with Gasteiger partial charge in [-0.3, -0.25) is 14.4 Å². The highest BCUT2D eigenvalue weighted by atomic mass is 16.6. The third kappa shape index (κ3) is 55.6. The van der Waals surface area contributed by atoms with Crippen LogP contribution in [0.3, 0.4) is 0 Å². The van der Waals surface area contributed by atoms with Gasteiger partial charge >= 0.3 is 17.9 Å². The number of carbonyl (C=O) groups is 3. The van der Waals surface area contributed by atoms with Gasteiger partial charge in [0.1, 0.15) is 13.2 Å². The summed E-state index contributed by atoms with van der Waals surface area (Å²) in [6, 6.07) is 0. The van der Waals surface area contributed by atoms with Crippen LogP contribution in [0.5, 0.6) is 0 Å². The van der Waals surface area contributed by atoms with Gasteiger partial charge in [0.15, 0.2) is 6.10 Å². The van der Waals surface area contributed by atoms with E-state index in [-0.39, 0.29) is 31.1 Å². The van der Waals surface area contributed by atoms with Gasteiger partial charge in [0, 0.05) is 19.3 Å². The molecule has 1 unspecified atom stereocenters. The number of allylic oxidation sites excluding steroid dienone is 12. The summed E-state index contributed by atoms with van der Waals surface area (Å²) in [5, 5.41) is 0. The zero-order valence-electron chi connectivity index (χ0n) is 45.6. The van der Waals surface area contributed by atoms with Crippen LogP contribution in [0, 0.1) is 0 Å². The Morgan fingerprint density at radius 1 is 0.290 bits per heavy atom. The first kappa shape index (κ1) is 65.8. The van der Waals surface area contributed by atoms with E-state index in [9.17, 15) is 14.4 Å². The maximum atomic E-state index is 12.9. The van der Waals surface area contributed by atoms with E-state index < -0.39 is 6.10 Å². The Balaban J connectivity index is 4.43. The molecule has 6 nitrogen and oxygen atoms in total. The molecule has 0 aliphatic carbocycles. The highest BCUT2D eigenvalue weighted by Crippen LogP contribution is 2.15. The van der Waals surface area contributed by atoms with Crippen molar-refractivity contribution in [3.05, 3.63) is 72.9 Å². The Labute approximate surface area is 427 Å². The molecule has 0 radical (unpaired) electrons. The average Bonchev–Trinajstić information content (AvgIpc) is 3.35. The second-order valence-corrected chi connectivity index (χ2v) is 19.6. The minimum Gasteiger partial charge on any atom is -0.462 e. The van der Waals surface area contributed by atoms with Crippen molar-refractivity contribution in [1.29, 1.82) is 0 Å². The van der Waals surface area contributed by atoms with Gasteiger partial charge in [0.05, 0.1) is 0 Å². The van der Waals surface area contributed by atoms with E-state index in [0.717, 1.165) is 96.3 Å². The first-order chi connectivity index (χ1) is 34.0. The van der Waals surface area contributed by atoms with Gasteiger partial charge in [-0.1, -0.05) is 248 Å². The Hall–Kier alpha value is -3.15. The smallest absolute Gasteiger partial charge is 0.306 e. The first-order valence-electron chi connectivity index (χ1n) is 29.5. The lowest BCUT2D eigenvalue weighted by atomic mass is 10.1. The van der Waals surface area contributed by atoms with E-state index in [4.69, 9.17) is 14.2 Å². The van der Waals surface area contributed by atoms with Gasteiger partial charge < -0.3 is 14.2 Å². The number of carbonyl (C=O) groups excluding carboxylic acids is 3. The SMILES string of the molecule is CCCCC/C=C\C=C/CCCCCCCCCCCCC(=O)OCC(COC(=O)CCCCC/C=C\CCCCCCCCC)OC(=O)CCCCCCC\C=C/C=C\C=C/CCCCCCC. The molecule has 0 aliphatic rings. The zero-order valence-corrected chi connectivity index (χ0v) is 45.6. The normalized spacial score (nSPS) is 12.6. The molecule has 0 rings (SSSR count). The zero-order chi connectivity index (χ0) is 50.0. The summed E-state index contributed by atoms with van der Waals surface area (Å²) in [5.74, 6) is -0.920. The van der Waals surface area contributed by atoms with Crippen LogP contribution in [0.4, 0.5) is 0 Å². The average molecular weight is 964 g/mol. The van der Waals surface area contributed by atoms with Gasteiger partial charge in [-0.05, 0) is 96.3 Å². The monoisotopic (exact) mass is 963 g/mol. The molecule has 0 amide bonds. The van der Waals surface area contributed by atoms with E-state index in [1.54, 1.807) is 0 Å². The molecule has 0 aromatic carbocycles. The Morgan fingerprint density at radius 2 is 0.536 bits per heavy atom. The summed E-state index contributed by atoms with van der Waals surface area (Å²) in [7, 11) is 0. The fourth-order valence-corrected chi connectivity index (χ4v) is 8.25. The molecule has 0 aromatic rings. The van der Waals surface area contributed by atoms with Gasteiger partial charge in [0.25, 0.3) is 0 Å². The van der Waals surface area contributed by atoms with Crippen molar-refractivity contribution in [2.45, 2.75) is 297 Å². The molecular weight excluding hydrogens is 853 g/mol. The van der Waals surface area contributed by atoms with Crippen LogP contribution in [-0.4, -0.2) is 37.2 Å². The number of hydrogen-bond acceptors (Lipinski definition) is 6. The summed E-state index contributed by atoms with van der Waals surface area (Å²) in [4.78, 5) is 38.2. The van der Waals surface area contributed by atoms with E-state index in [1.165, 1.54) is 154 Å². The molecule has 1 atom stereocenters. The molecule has 398 valence electrons. The molecule has 0 aliphatic heterocycles. The number of esters is 3. The number of unbranched alkanes of at least 4 members (excludes halogenated alkanes) is 33. The van der Waals surface area contributed by atoms with Gasteiger partial charge in [-0.25, -0.2) is 0 Å². The molecule has 0 bridgehead atoms. The van der Waals surface area contributed by atoms with Crippen molar-refractivity contribution in [2.75, 3.05) is 13.2 Å². The van der Waals surface area contributed by atoms with Crippen molar-refractivity contribution in [3.8, 4) is 0 Å². The predicted molar refractivity (Wildman–Crippen MR) is 298 cm³/mol.